The van der Waals surface area contributed by atoms with E-state index < -0.39 is 11.7 Å². The van der Waals surface area contributed by atoms with Gasteiger partial charge in [-0.15, -0.1) is 0 Å². The van der Waals surface area contributed by atoms with Gasteiger partial charge in [-0.25, -0.2) is 18.9 Å². The summed E-state index contributed by atoms with van der Waals surface area (Å²) in [5.74, 6) is -0.377. The van der Waals surface area contributed by atoms with Crippen molar-refractivity contribution in [1.82, 2.24) is 24.2 Å². The van der Waals surface area contributed by atoms with Crippen LogP contribution in [-0.4, -0.2) is 59.2 Å². The highest BCUT2D eigenvalue weighted by molar-refractivity contribution is 5.74. The summed E-state index contributed by atoms with van der Waals surface area (Å²) in [6, 6.07) is 5.66. The predicted molar refractivity (Wildman–Crippen MR) is 96.9 cm³/mol. The molecule has 1 aromatic carbocycles. The first-order valence-electron chi connectivity index (χ1n) is 8.76. The minimum atomic E-state index is -1.18. The lowest BCUT2D eigenvalue weighted by Crippen LogP contribution is -2.49. The molecule has 0 bridgehead atoms. The normalized spacial score (nSPS) is 16.4. The zero-order valence-corrected chi connectivity index (χ0v) is 14.8. The van der Waals surface area contributed by atoms with Crippen LogP contribution in [0.15, 0.2) is 41.6 Å². The van der Waals surface area contributed by atoms with Gasteiger partial charge in [0.25, 0.3) is 5.56 Å². The van der Waals surface area contributed by atoms with Gasteiger partial charge in [0, 0.05) is 13.1 Å². The molecule has 0 atom stereocenters. The topological polar surface area (TPSA) is 113 Å². The third-order valence-electron chi connectivity index (χ3n) is 5.06. The molecule has 0 aliphatic carbocycles. The van der Waals surface area contributed by atoms with E-state index in [1.165, 1.54) is 50.9 Å². The van der Waals surface area contributed by atoms with E-state index in [9.17, 15) is 19.1 Å². The molecule has 0 spiro atoms. The summed E-state index contributed by atoms with van der Waals surface area (Å²) in [4.78, 5) is 29.4. The number of fused-ring (bicyclic) bond motifs is 1. The summed E-state index contributed by atoms with van der Waals surface area (Å²) in [5.41, 5.74) is -0.633. The predicted octanol–water partition coefficient (Wildman–Crippen LogP) is 1.23. The molecule has 3 aromatic rings. The lowest BCUT2D eigenvalue weighted by Gasteiger charge is -2.37. The maximum absolute atomic E-state index is 13.1. The molecule has 2 aromatic heterocycles. The summed E-state index contributed by atoms with van der Waals surface area (Å²) in [7, 11) is 0. The molecule has 28 heavy (non-hydrogen) atoms. The van der Waals surface area contributed by atoms with E-state index in [1.807, 2.05) is 0 Å². The Kier molecular flexibility index (Phi) is 4.34. The summed E-state index contributed by atoms with van der Waals surface area (Å²) < 4.78 is 15.9. The van der Waals surface area contributed by atoms with E-state index in [-0.39, 0.29) is 49.2 Å². The van der Waals surface area contributed by atoms with Gasteiger partial charge < -0.3 is 15.1 Å². The molecule has 1 aliphatic rings. The molecule has 2 N–H and O–H groups in total. The van der Waals surface area contributed by atoms with Crippen molar-refractivity contribution in [2.45, 2.75) is 25.0 Å². The Morgan fingerprint density at radius 2 is 1.89 bits per heavy atom. The molecular formula is C18H18FN5O4. The first-order valence-corrected chi connectivity index (χ1v) is 8.76. The van der Waals surface area contributed by atoms with Crippen molar-refractivity contribution >= 4 is 17.1 Å². The first kappa shape index (κ1) is 18.1. The number of aliphatic hydroxyl groups is 1. The highest BCUT2D eigenvalue weighted by Crippen LogP contribution is 2.24. The summed E-state index contributed by atoms with van der Waals surface area (Å²) in [6.07, 6.45) is 2.18. The number of carboxylic acid groups (broad SMARTS) is 1. The second-order valence-electron chi connectivity index (χ2n) is 6.94. The van der Waals surface area contributed by atoms with E-state index in [0.29, 0.717) is 11.3 Å². The number of piperidine rings is 1. The van der Waals surface area contributed by atoms with Gasteiger partial charge in [0.1, 0.15) is 17.5 Å². The van der Waals surface area contributed by atoms with Crippen LogP contribution in [0.25, 0.3) is 16.7 Å². The van der Waals surface area contributed by atoms with Crippen molar-refractivity contribution in [1.29, 1.82) is 0 Å². The van der Waals surface area contributed by atoms with Crippen LogP contribution in [0.3, 0.4) is 0 Å². The Morgan fingerprint density at radius 1 is 1.21 bits per heavy atom. The molecule has 9 nitrogen and oxygen atoms in total. The largest absolute Gasteiger partial charge is 0.465 e. The van der Waals surface area contributed by atoms with Gasteiger partial charge in [-0.1, -0.05) is 0 Å². The lowest BCUT2D eigenvalue weighted by atomic mass is 9.91. The Bertz CT molecular complexity index is 1080. The van der Waals surface area contributed by atoms with Gasteiger partial charge in [-0.2, -0.15) is 5.10 Å². The average molecular weight is 387 g/mol. The Labute approximate surface area is 158 Å². The van der Waals surface area contributed by atoms with E-state index in [2.05, 4.69) is 10.1 Å². The molecule has 1 aliphatic heterocycles. The highest BCUT2D eigenvalue weighted by atomic mass is 19.1. The Morgan fingerprint density at radius 3 is 2.54 bits per heavy atom. The number of hydrogen-bond acceptors (Lipinski definition) is 5. The highest BCUT2D eigenvalue weighted by Gasteiger charge is 2.34. The van der Waals surface area contributed by atoms with Gasteiger partial charge in [0.05, 0.1) is 24.0 Å². The lowest BCUT2D eigenvalue weighted by molar-refractivity contribution is -0.0303. The van der Waals surface area contributed by atoms with Crippen molar-refractivity contribution in [2.24, 2.45) is 0 Å². The van der Waals surface area contributed by atoms with Crippen LogP contribution in [0.5, 0.6) is 0 Å². The van der Waals surface area contributed by atoms with Crippen LogP contribution in [-0.2, 0) is 6.54 Å². The van der Waals surface area contributed by atoms with Gasteiger partial charge in [-0.05, 0) is 37.1 Å². The molecule has 1 saturated heterocycles. The quantitative estimate of drug-likeness (QED) is 0.699. The molecule has 0 radical (unpaired) electrons. The zero-order valence-electron chi connectivity index (χ0n) is 14.8. The van der Waals surface area contributed by atoms with E-state index in [0.717, 1.165) is 0 Å². The number of carbonyl (C=O) groups is 1. The van der Waals surface area contributed by atoms with Gasteiger partial charge >= 0.3 is 6.09 Å². The van der Waals surface area contributed by atoms with Gasteiger partial charge in [0.2, 0.25) is 0 Å². The maximum atomic E-state index is 13.1. The minimum absolute atomic E-state index is 0.0178. The van der Waals surface area contributed by atoms with Crippen molar-refractivity contribution in [3.8, 4) is 5.69 Å². The van der Waals surface area contributed by atoms with Crippen LogP contribution in [0.4, 0.5) is 9.18 Å². The number of aromatic nitrogens is 4. The number of nitrogens with zero attached hydrogens (tertiary/aromatic N) is 5. The Balaban J connectivity index is 1.62. The molecule has 3 heterocycles. The monoisotopic (exact) mass is 387 g/mol. The van der Waals surface area contributed by atoms with Crippen molar-refractivity contribution in [3.05, 3.63) is 53.0 Å². The number of benzene rings is 1. The number of likely N-dealkylation sites (tertiary alicyclic amines) is 1. The fourth-order valence-corrected chi connectivity index (χ4v) is 3.42. The number of rotatable bonds is 3. The first-order chi connectivity index (χ1) is 13.4. The van der Waals surface area contributed by atoms with E-state index in [1.54, 1.807) is 0 Å². The fraction of sp³-hybridized carbons (Fsp3) is 0.333. The average Bonchev–Trinajstić information content (AvgIpc) is 3.10. The van der Waals surface area contributed by atoms with E-state index in [4.69, 9.17) is 5.11 Å². The van der Waals surface area contributed by atoms with Crippen molar-refractivity contribution in [2.75, 3.05) is 13.1 Å². The maximum Gasteiger partial charge on any atom is 0.407 e. The zero-order chi connectivity index (χ0) is 19.9. The molecule has 0 saturated carbocycles. The summed E-state index contributed by atoms with van der Waals surface area (Å²) >= 11 is 0. The summed E-state index contributed by atoms with van der Waals surface area (Å²) in [5, 5.41) is 24.2. The third-order valence-corrected chi connectivity index (χ3v) is 5.06. The van der Waals surface area contributed by atoms with Crippen LogP contribution in [0, 0.1) is 5.82 Å². The number of amides is 1. The Hall–Kier alpha value is -3.27. The van der Waals surface area contributed by atoms with Crippen LogP contribution in [0.1, 0.15) is 12.8 Å². The van der Waals surface area contributed by atoms with E-state index >= 15 is 0 Å². The van der Waals surface area contributed by atoms with Gasteiger partial charge in [0.15, 0.2) is 5.65 Å². The third kappa shape index (κ3) is 3.22. The second-order valence-corrected chi connectivity index (χ2v) is 6.94. The van der Waals surface area contributed by atoms with Crippen LogP contribution < -0.4 is 5.56 Å². The molecule has 0 unspecified atom stereocenters. The van der Waals surface area contributed by atoms with Gasteiger partial charge in [-0.3, -0.25) is 9.36 Å². The van der Waals surface area contributed by atoms with Crippen LogP contribution >= 0.6 is 0 Å². The summed E-state index contributed by atoms with van der Waals surface area (Å²) in [6.45, 7) is 0.432. The molecule has 1 amide bonds. The smallest absolute Gasteiger partial charge is 0.407 e. The number of halogens is 1. The van der Waals surface area contributed by atoms with Crippen molar-refractivity contribution in [3.63, 3.8) is 0 Å². The standard InChI is InChI=1S/C18H18FN5O4/c19-12-1-3-13(4-2-12)24-15-14(9-21-24)16(25)23(11-20-15)10-18(28)5-7-22(8-6-18)17(26)27/h1-4,9,11,28H,5-8,10H2,(H,26,27). The molecular weight excluding hydrogens is 369 g/mol. The fourth-order valence-electron chi connectivity index (χ4n) is 3.42. The molecule has 10 heteroatoms. The SMILES string of the molecule is O=C(O)N1CCC(O)(Cn2cnc3c(cnn3-c3ccc(F)cc3)c2=O)CC1. The molecule has 4 rings (SSSR count). The molecule has 146 valence electrons. The molecule has 1 fully saturated rings. The van der Waals surface area contributed by atoms with Crippen LogP contribution in [0.2, 0.25) is 0 Å². The van der Waals surface area contributed by atoms with Crippen molar-refractivity contribution < 1.29 is 19.4 Å². The minimum Gasteiger partial charge on any atom is -0.465 e. The number of hydrogen-bond donors (Lipinski definition) is 2. The second kappa shape index (κ2) is 6.71.